The van der Waals surface area contributed by atoms with E-state index >= 15 is 0 Å². The van der Waals surface area contributed by atoms with Crippen molar-refractivity contribution in [1.82, 2.24) is 9.88 Å². The van der Waals surface area contributed by atoms with Gasteiger partial charge in [-0.3, -0.25) is 14.5 Å². The molecule has 2 aromatic rings. The molecule has 0 aliphatic heterocycles. The number of hydrogen-bond acceptors (Lipinski definition) is 4. The standard InChI is InChI=1S/C17H18BrClN4O2/c1-23(11-17(25)22-15-7-2-12(18)10-20-15)9-8-16(24)21-14-5-3-13(19)4-6-14/h2-7,10H,8-9,11H2,1H3,(H,21,24)(H,20,22,25). The molecule has 0 spiro atoms. The number of amides is 2. The smallest absolute Gasteiger partial charge is 0.239 e. The summed E-state index contributed by atoms with van der Waals surface area (Å²) in [7, 11) is 1.78. The van der Waals surface area contributed by atoms with Crippen LogP contribution in [0.5, 0.6) is 0 Å². The lowest BCUT2D eigenvalue weighted by Crippen LogP contribution is -2.32. The van der Waals surface area contributed by atoms with Gasteiger partial charge in [0.05, 0.1) is 6.54 Å². The molecule has 2 N–H and O–H groups in total. The Hall–Kier alpha value is -1.96. The molecule has 2 amide bonds. The molecular weight excluding hydrogens is 408 g/mol. The van der Waals surface area contributed by atoms with E-state index in [1.54, 1.807) is 54.5 Å². The Balaban J connectivity index is 1.71. The fraction of sp³-hybridized carbons (Fsp3) is 0.235. The fourth-order valence-electron chi connectivity index (χ4n) is 2.01. The topological polar surface area (TPSA) is 74.3 Å². The average molecular weight is 426 g/mol. The number of nitrogens with zero attached hydrogens (tertiary/aromatic N) is 2. The number of hydrogen-bond donors (Lipinski definition) is 2. The van der Waals surface area contributed by atoms with E-state index in [0.29, 0.717) is 23.1 Å². The van der Waals surface area contributed by atoms with Crippen LogP contribution in [0, 0.1) is 0 Å². The van der Waals surface area contributed by atoms with Gasteiger partial charge in [0, 0.05) is 34.3 Å². The Morgan fingerprint density at radius 2 is 1.84 bits per heavy atom. The molecule has 0 atom stereocenters. The molecule has 25 heavy (non-hydrogen) atoms. The second-order valence-corrected chi connectivity index (χ2v) is 6.80. The SMILES string of the molecule is CN(CCC(=O)Nc1ccc(Cl)cc1)CC(=O)Nc1ccc(Br)cn1. The number of likely N-dealkylation sites (N-methyl/N-ethyl adjacent to an activating group) is 1. The van der Waals surface area contributed by atoms with Crippen LogP contribution in [0.4, 0.5) is 11.5 Å². The second-order valence-electron chi connectivity index (χ2n) is 5.45. The maximum absolute atomic E-state index is 12.0. The molecule has 0 aliphatic carbocycles. The van der Waals surface area contributed by atoms with Crippen molar-refractivity contribution in [2.45, 2.75) is 6.42 Å². The van der Waals surface area contributed by atoms with E-state index in [9.17, 15) is 9.59 Å². The number of carbonyl (C=O) groups is 2. The zero-order valence-electron chi connectivity index (χ0n) is 13.6. The lowest BCUT2D eigenvalue weighted by atomic mass is 10.3. The van der Waals surface area contributed by atoms with Crippen LogP contribution in [0.3, 0.4) is 0 Å². The highest BCUT2D eigenvalue weighted by atomic mass is 79.9. The first kappa shape index (κ1) is 19.4. The normalized spacial score (nSPS) is 10.6. The first-order valence-electron chi connectivity index (χ1n) is 7.58. The lowest BCUT2D eigenvalue weighted by molar-refractivity contribution is -0.119. The predicted octanol–water partition coefficient (Wildman–Crippen LogP) is 3.40. The minimum atomic E-state index is -0.185. The van der Waals surface area contributed by atoms with Gasteiger partial charge in [-0.1, -0.05) is 11.6 Å². The molecule has 1 aromatic heterocycles. The Bertz CT molecular complexity index is 722. The van der Waals surface area contributed by atoms with Crippen LogP contribution in [0.25, 0.3) is 0 Å². The highest BCUT2D eigenvalue weighted by molar-refractivity contribution is 9.10. The summed E-state index contributed by atoms with van der Waals surface area (Å²) >= 11 is 9.09. The van der Waals surface area contributed by atoms with Crippen LogP contribution in [0.2, 0.25) is 5.02 Å². The number of pyridine rings is 1. The quantitative estimate of drug-likeness (QED) is 0.713. The van der Waals surface area contributed by atoms with Gasteiger partial charge in [0.25, 0.3) is 0 Å². The zero-order valence-corrected chi connectivity index (χ0v) is 16.0. The van der Waals surface area contributed by atoms with E-state index < -0.39 is 0 Å². The molecule has 132 valence electrons. The second kappa shape index (κ2) is 9.50. The van der Waals surface area contributed by atoms with Gasteiger partial charge in [0.1, 0.15) is 5.82 Å². The molecule has 0 saturated heterocycles. The van der Waals surface area contributed by atoms with Crippen LogP contribution in [0.15, 0.2) is 47.1 Å². The summed E-state index contributed by atoms with van der Waals surface area (Å²) in [6.07, 6.45) is 1.89. The molecule has 0 aliphatic rings. The van der Waals surface area contributed by atoms with Crippen LogP contribution in [-0.4, -0.2) is 41.8 Å². The molecule has 1 aromatic carbocycles. The number of carbonyl (C=O) groups excluding carboxylic acids is 2. The molecule has 1 heterocycles. The van der Waals surface area contributed by atoms with Crippen LogP contribution in [-0.2, 0) is 9.59 Å². The minimum absolute atomic E-state index is 0.121. The predicted molar refractivity (Wildman–Crippen MR) is 103 cm³/mol. The van der Waals surface area contributed by atoms with Gasteiger partial charge >= 0.3 is 0 Å². The van der Waals surface area contributed by atoms with E-state index in [1.807, 2.05) is 0 Å². The van der Waals surface area contributed by atoms with Crippen molar-refractivity contribution in [2.75, 3.05) is 30.8 Å². The molecule has 0 bridgehead atoms. The summed E-state index contributed by atoms with van der Waals surface area (Å²) in [5.74, 6) is 0.182. The fourth-order valence-corrected chi connectivity index (χ4v) is 2.37. The Morgan fingerprint density at radius 3 is 2.48 bits per heavy atom. The summed E-state index contributed by atoms with van der Waals surface area (Å²) in [5.41, 5.74) is 0.691. The largest absolute Gasteiger partial charge is 0.326 e. The molecule has 8 heteroatoms. The van der Waals surface area contributed by atoms with Crippen molar-refractivity contribution in [3.8, 4) is 0 Å². The molecule has 0 saturated carbocycles. The highest BCUT2D eigenvalue weighted by Gasteiger charge is 2.10. The molecule has 0 fully saturated rings. The third kappa shape index (κ3) is 7.21. The van der Waals surface area contributed by atoms with E-state index in [4.69, 9.17) is 11.6 Å². The third-order valence-corrected chi connectivity index (χ3v) is 3.98. The van der Waals surface area contributed by atoms with Crippen molar-refractivity contribution in [3.05, 3.63) is 52.1 Å². The van der Waals surface area contributed by atoms with Gasteiger partial charge in [-0.05, 0) is 59.4 Å². The van der Waals surface area contributed by atoms with Gasteiger partial charge < -0.3 is 10.6 Å². The molecular formula is C17H18BrClN4O2. The Morgan fingerprint density at radius 1 is 1.12 bits per heavy atom. The van der Waals surface area contributed by atoms with E-state index in [-0.39, 0.29) is 24.8 Å². The maximum Gasteiger partial charge on any atom is 0.239 e. The van der Waals surface area contributed by atoms with Gasteiger partial charge in [-0.25, -0.2) is 4.98 Å². The number of rotatable bonds is 7. The summed E-state index contributed by atoms with van der Waals surface area (Å²) in [5, 5.41) is 6.11. The Kier molecular flexibility index (Phi) is 7.36. The van der Waals surface area contributed by atoms with Crippen molar-refractivity contribution in [1.29, 1.82) is 0 Å². The van der Waals surface area contributed by atoms with Crippen molar-refractivity contribution < 1.29 is 9.59 Å². The van der Waals surface area contributed by atoms with Gasteiger partial charge in [-0.2, -0.15) is 0 Å². The number of benzene rings is 1. The lowest BCUT2D eigenvalue weighted by Gasteiger charge is -2.16. The summed E-state index contributed by atoms with van der Waals surface area (Å²) in [6, 6.07) is 10.4. The van der Waals surface area contributed by atoms with Gasteiger partial charge in [0.15, 0.2) is 0 Å². The van der Waals surface area contributed by atoms with Gasteiger partial charge in [0.2, 0.25) is 11.8 Å². The average Bonchev–Trinajstić information content (AvgIpc) is 2.57. The molecule has 0 radical (unpaired) electrons. The van der Waals surface area contributed by atoms with E-state index in [2.05, 4.69) is 31.5 Å². The summed E-state index contributed by atoms with van der Waals surface area (Å²) in [6.45, 7) is 0.632. The summed E-state index contributed by atoms with van der Waals surface area (Å²) in [4.78, 5) is 29.7. The Labute approximate surface area is 159 Å². The molecule has 2 rings (SSSR count). The number of aromatic nitrogens is 1. The van der Waals surface area contributed by atoms with Crippen molar-refractivity contribution in [3.63, 3.8) is 0 Å². The van der Waals surface area contributed by atoms with Crippen LogP contribution in [0.1, 0.15) is 6.42 Å². The monoisotopic (exact) mass is 424 g/mol. The van der Waals surface area contributed by atoms with Crippen LogP contribution >= 0.6 is 27.5 Å². The summed E-state index contributed by atoms with van der Waals surface area (Å²) < 4.78 is 0.842. The van der Waals surface area contributed by atoms with Gasteiger partial charge in [-0.15, -0.1) is 0 Å². The first-order chi connectivity index (χ1) is 11.9. The van der Waals surface area contributed by atoms with Crippen molar-refractivity contribution >= 4 is 50.9 Å². The molecule has 6 nitrogen and oxygen atoms in total. The van der Waals surface area contributed by atoms with E-state index in [1.165, 1.54) is 0 Å². The number of nitrogens with one attached hydrogen (secondary N) is 2. The molecule has 0 unspecified atom stereocenters. The zero-order chi connectivity index (χ0) is 18.2. The van der Waals surface area contributed by atoms with Crippen LogP contribution < -0.4 is 10.6 Å². The first-order valence-corrected chi connectivity index (χ1v) is 8.75. The third-order valence-electron chi connectivity index (χ3n) is 3.26. The number of halogens is 2. The highest BCUT2D eigenvalue weighted by Crippen LogP contribution is 2.13. The number of anilines is 2. The van der Waals surface area contributed by atoms with Crippen molar-refractivity contribution in [2.24, 2.45) is 0 Å². The van der Waals surface area contributed by atoms with E-state index in [0.717, 1.165) is 4.47 Å². The maximum atomic E-state index is 12.0. The minimum Gasteiger partial charge on any atom is -0.326 e.